The maximum absolute atomic E-state index is 13.5. The summed E-state index contributed by atoms with van der Waals surface area (Å²) >= 11 is 0. The van der Waals surface area contributed by atoms with E-state index >= 15 is 0 Å². The number of amides is 1. The van der Waals surface area contributed by atoms with E-state index in [1.807, 2.05) is 18.2 Å². The van der Waals surface area contributed by atoms with Crippen LogP contribution in [-0.4, -0.2) is 59.2 Å². The van der Waals surface area contributed by atoms with Gasteiger partial charge >= 0.3 is 0 Å². The lowest BCUT2D eigenvalue weighted by Crippen LogP contribution is -2.49. The highest BCUT2D eigenvalue weighted by molar-refractivity contribution is 6.03. The molecule has 2 aliphatic heterocycles. The summed E-state index contributed by atoms with van der Waals surface area (Å²) in [5.41, 5.74) is 5.77. The van der Waals surface area contributed by atoms with Crippen LogP contribution in [0.4, 0.5) is 0 Å². The molecule has 1 atom stereocenters. The van der Waals surface area contributed by atoms with E-state index in [0.29, 0.717) is 6.54 Å². The Labute approximate surface area is 202 Å². The first-order chi connectivity index (χ1) is 16.7. The van der Waals surface area contributed by atoms with Crippen molar-refractivity contribution in [1.29, 1.82) is 0 Å². The summed E-state index contributed by atoms with van der Waals surface area (Å²) in [4.78, 5) is 18.2. The first kappa shape index (κ1) is 22.5. The van der Waals surface area contributed by atoms with Gasteiger partial charge in [-0.2, -0.15) is 5.10 Å². The van der Waals surface area contributed by atoms with Crippen molar-refractivity contribution in [2.75, 3.05) is 32.7 Å². The zero-order valence-electron chi connectivity index (χ0n) is 19.8. The van der Waals surface area contributed by atoms with Crippen molar-refractivity contribution < 1.29 is 4.79 Å². The third kappa shape index (κ3) is 5.27. The molecular formula is C29H32N4O. The molecule has 1 amide bonds. The highest BCUT2D eigenvalue weighted by atomic mass is 16.2. The number of carbonyl (C=O) groups excluding carboxylic acids is 1. The van der Waals surface area contributed by atoms with E-state index in [9.17, 15) is 4.79 Å². The fraction of sp³-hybridized carbons (Fsp3) is 0.310. The predicted octanol–water partition coefficient (Wildman–Crippen LogP) is 4.49. The molecule has 0 N–H and O–H groups in total. The summed E-state index contributed by atoms with van der Waals surface area (Å²) in [5, 5.41) is 6.58. The van der Waals surface area contributed by atoms with Crippen LogP contribution in [0.1, 0.15) is 34.7 Å². The highest BCUT2D eigenvalue weighted by Crippen LogP contribution is 2.33. The number of benzene rings is 3. The molecule has 174 valence electrons. The molecule has 0 bridgehead atoms. The summed E-state index contributed by atoms with van der Waals surface area (Å²) in [6.45, 7) is 7.21. The minimum absolute atomic E-state index is 0.0515. The van der Waals surface area contributed by atoms with Crippen molar-refractivity contribution in [3.63, 3.8) is 0 Å². The molecule has 2 heterocycles. The van der Waals surface area contributed by atoms with Crippen molar-refractivity contribution in [3.8, 4) is 0 Å². The van der Waals surface area contributed by atoms with Gasteiger partial charge in [0.05, 0.1) is 18.3 Å². The van der Waals surface area contributed by atoms with Crippen LogP contribution in [0, 0.1) is 6.92 Å². The van der Waals surface area contributed by atoms with Gasteiger partial charge < -0.3 is 0 Å². The molecule has 0 saturated carbocycles. The van der Waals surface area contributed by atoms with Crippen LogP contribution in [0.2, 0.25) is 0 Å². The Morgan fingerprint density at radius 3 is 2.12 bits per heavy atom. The lowest BCUT2D eigenvalue weighted by molar-refractivity contribution is -0.134. The molecular weight excluding hydrogens is 420 g/mol. The third-order valence-corrected chi connectivity index (χ3v) is 6.81. The standard InChI is InChI=1S/C29H32N4O/c1-23-12-14-25(15-13-23)27-20-28(26-10-6-3-7-11-26)33(30-27)29(34)22-32-18-16-31(17-19-32)21-24-8-4-2-5-9-24/h2-15,28H,16-22H2,1H3. The normalized spacial score (nSPS) is 19.3. The second-order valence-electron chi connectivity index (χ2n) is 9.32. The molecule has 0 aromatic heterocycles. The average Bonchev–Trinajstić information content (AvgIpc) is 3.33. The number of rotatable bonds is 6. The Hall–Kier alpha value is -3.28. The van der Waals surface area contributed by atoms with Gasteiger partial charge in [-0.25, -0.2) is 5.01 Å². The zero-order chi connectivity index (χ0) is 23.3. The molecule has 0 aliphatic carbocycles. The van der Waals surface area contributed by atoms with Crippen LogP contribution >= 0.6 is 0 Å². The van der Waals surface area contributed by atoms with Crippen molar-refractivity contribution in [3.05, 3.63) is 107 Å². The Morgan fingerprint density at radius 1 is 0.824 bits per heavy atom. The summed E-state index contributed by atoms with van der Waals surface area (Å²) in [5.74, 6) is 0.0764. The molecule has 3 aromatic rings. The number of hydrogen-bond acceptors (Lipinski definition) is 4. The lowest BCUT2D eigenvalue weighted by atomic mass is 9.98. The molecule has 2 aliphatic rings. The first-order valence-electron chi connectivity index (χ1n) is 12.2. The van der Waals surface area contributed by atoms with E-state index in [0.717, 1.165) is 56.0 Å². The average molecular weight is 453 g/mol. The van der Waals surface area contributed by atoms with Crippen LogP contribution in [0.5, 0.6) is 0 Å². The van der Waals surface area contributed by atoms with E-state index in [1.165, 1.54) is 11.1 Å². The molecule has 1 unspecified atom stereocenters. The van der Waals surface area contributed by atoms with Crippen molar-refractivity contribution >= 4 is 11.6 Å². The fourth-order valence-electron chi connectivity index (χ4n) is 4.81. The van der Waals surface area contributed by atoms with Gasteiger partial charge in [-0.05, 0) is 23.6 Å². The third-order valence-electron chi connectivity index (χ3n) is 6.81. The van der Waals surface area contributed by atoms with E-state index < -0.39 is 0 Å². The van der Waals surface area contributed by atoms with Crippen molar-refractivity contribution in [2.24, 2.45) is 5.10 Å². The van der Waals surface area contributed by atoms with Crippen LogP contribution < -0.4 is 0 Å². The summed E-state index contributed by atoms with van der Waals surface area (Å²) in [6, 6.07) is 29.3. The van der Waals surface area contributed by atoms with Gasteiger partial charge in [-0.3, -0.25) is 14.6 Å². The van der Waals surface area contributed by atoms with E-state index in [1.54, 1.807) is 5.01 Å². The van der Waals surface area contributed by atoms with Crippen LogP contribution in [0.3, 0.4) is 0 Å². The van der Waals surface area contributed by atoms with Gasteiger partial charge in [0.1, 0.15) is 0 Å². The molecule has 1 fully saturated rings. The van der Waals surface area contributed by atoms with Gasteiger partial charge in [-0.15, -0.1) is 0 Å². The van der Waals surface area contributed by atoms with Gasteiger partial charge in [-0.1, -0.05) is 90.5 Å². The number of hydrazone groups is 1. The molecule has 0 radical (unpaired) electrons. The maximum atomic E-state index is 13.5. The molecule has 5 heteroatoms. The predicted molar refractivity (Wildman–Crippen MR) is 137 cm³/mol. The lowest BCUT2D eigenvalue weighted by Gasteiger charge is -2.35. The molecule has 5 nitrogen and oxygen atoms in total. The summed E-state index contributed by atoms with van der Waals surface area (Å²) in [6.07, 6.45) is 0.740. The van der Waals surface area contributed by atoms with Gasteiger partial charge in [0.25, 0.3) is 5.91 Å². The molecule has 1 saturated heterocycles. The quantitative estimate of drug-likeness (QED) is 0.553. The van der Waals surface area contributed by atoms with Gasteiger partial charge in [0, 0.05) is 39.1 Å². The summed E-state index contributed by atoms with van der Waals surface area (Å²) < 4.78 is 0. The fourth-order valence-corrected chi connectivity index (χ4v) is 4.81. The Balaban J connectivity index is 1.25. The van der Waals surface area contributed by atoms with Crippen molar-refractivity contribution in [1.82, 2.24) is 14.8 Å². The molecule has 34 heavy (non-hydrogen) atoms. The van der Waals surface area contributed by atoms with E-state index in [-0.39, 0.29) is 11.9 Å². The maximum Gasteiger partial charge on any atom is 0.257 e. The van der Waals surface area contributed by atoms with Crippen LogP contribution in [-0.2, 0) is 11.3 Å². The topological polar surface area (TPSA) is 39.2 Å². The minimum Gasteiger partial charge on any atom is -0.297 e. The summed E-state index contributed by atoms with van der Waals surface area (Å²) in [7, 11) is 0. The minimum atomic E-state index is -0.0515. The zero-order valence-corrected chi connectivity index (χ0v) is 19.8. The first-order valence-corrected chi connectivity index (χ1v) is 12.2. The van der Waals surface area contributed by atoms with Gasteiger partial charge in [0.15, 0.2) is 0 Å². The van der Waals surface area contributed by atoms with Crippen LogP contribution in [0.15, 0.2) is 90.0 Å². The largest absolute Gasteiger partial charge is 0.297 e. The van der Waals surface area contributed by atoms with Crippen LogP contribution in [0.25, 0.3) is 0 Å². The highest BCUT2D eigenvalue weighted by Gasteiger charge is 2.34. The van der Waals surface area contributed by atoms with Gasteiger partial charge in [0.2, 0.25) is 0 Å². The van der Waals surface area contributed by atoms with E-state index in [2.05, 4.69) is 83.5 Å². The monoisotopic (exact) mass is 452 g/mol. The molecule has 5 rings (SSSR count). The second-order valence-corrected chi connectivity index (χ2v) is 9.32. The SMILES string of the molecule is Cc1ccc(C2=NN(C(=O)CN3CCN(Cc4ccccc4)CC3)C(c3ccccc3)C2)cc1. The number of aryl methyl sites for hydroxylation is 1. The van der Waals surface area contributed by atoms with E-state index in [4.69, 9.17) is 5.10 Å². The Kier molecular flexibility index (Phi) is 6.84. The molecule has 0 spiro atoms. The Morgan fingerprint density at radius 2 is 1.44 bits per heavy atom. The number of piperazine rings is 1. The van der Waals surface area contributed by atoms with Crippen molar-refractivity contribution in [2.45, 2.75) is 25.9 Å². The molecule has 3 aromatic carbocycles. The smallest absolute Gasteiger partial charge is 0.257 e. The number of nitrogens with zero attached hydrogens (tertiary/aromatic N) is 4. The Bertz CT molecular complexity index is 1120. The number of hydrogen-bond donors (Lipinski definition) is 0. The number of carbonyl (C=O) groups is 1. The second kappa shape index (κ2) is 10.3.